The van der Waals surface area contributed by atoms with Gasteiger partial charge in [-0.15, -0.1) is 35.3 Å². The van der Waals surface area contributed by atoms with E-state index in [1.807, 2.05) is 49.1 Å². The third-order valence-corrected chi connectivity index (χ3v) is 7.68. The zero-order valence-electron chi connectivity index (χ0n) is 9.14. The molecule has 1 nitrogen and oxygen atoms in total. The molecule has 1 aromatic rings. The monoisotopic (exact) mass is 260 g/mol. The van der Waals surface area contributed by atoms with Crippen LogP contribution in [0.3, 0.4) is 0 Å². The number of rotatable bonds is 5. The number of aliphatic hydroxyl groups excluding tert-OH is 1. The Labute approximate surface area is 104 Å². The summed E-state index contributed by atoms with van der Waals surface area (Å²) in [5, 5.41) is 10.4. The number of benzene rings is 1. The molecule has 0 radical (unpaired) electrons. The summed E-state index contributed by atoms with van der Waals surface area (Å²) >= 11 is 5.09. The van der Waals surface area contributed by atoms with Crippen molar-refractivity contribution < 1.29 is 5.11 Å². The Morgan fingerprint density at radius 2 is 1.47 bits per heavy atom. The van der Waals surface area contributed by atoms with Crippen molar-refractivity contribution in [2.24, 2.45) is 0 Å². The standard InChI is InChI=1S/C11H16OS3/c1-13-11(14-2,15-3)10(12)9-7-5-4-6-8-9/h4-8,10,12H,1-3H3. The summed E-state index contributed by atoms with van der Waals surface area (Å²) < 4.78 is -0.207. The van der Waals surface area contributed by atoms with Crippen LogP contribution >= 0.6 is 35.3 Å². The van der Waals surface area contributed by atoms with Crippen LogP contribution in [-0.4, -0.2) is 27.3 Å². The molecule has 1 rings (SSSR count). The molecule has 0 amide bonds. The molecule has 0 saturated carbocycles. The molecule has 0 spiro atoms. The summed E-state index contributed by atoms with van der Waals surface area (Å²) in [5.74, 6) is 0. The Morgan fingerprint density at radius 1 is 1.00 bits per heavy atom. The number of aliphatic hydroxyl groups is 1. The molecule has 0 aromatic heterocycles. The first-order valence-electron chi connectivity index (χ1n) is 4.58. The quantitative estimate of drug-likeness (QED) is 0.818. The summed E-state index contributed by atoms with van der Waals surface area (Å²) in [6.45, 7) is 0. The van der Waals surface area contributed by atoms with Crippen LogP contribution < -0.4 is 0 Å². The zero-order chi connectivity index (χ0) is 11.3. The minimum absolute atomic E-state index is 0.207. The lowest BCUT2D eigenvalue weighted by molar-refractivity contribution is 0.188. The zero-order valence-corrected chi connectivity index (χ0v) is 11.6. The number of hydrogen-bond donors (Lipinski definition) is 1. The maximum atomic E-state index is 10.4. The molecule has 15 heavy (non-hydrogen) atoms. The lowest BCUT2D eigenvalue weighted by atomic mass is 10.1. The van der Waals surface area contributed by atoms with Crippen molar-refractivity contribution in [1.82, 2.24) is 0 Å². The Bertz CT molecular complexity index is 277. The van der Waals surface area contributed by atoms with Crippen LogP contribution in [0.2, 0.25) is 0 Å². The fourth-order valence-electron chi connectivity index (χ4n) is 1.42. The van der Waals surface area contributed by atoms with E-state index in [9.17, 15) is 5.11 Å². The van der Waals surface area contributed by atoms with E-state index in [4.69, 9.17) is 0 Å². The van der Waals surface area contributed by atoms with Crippen LogP contribution in [0.1, 0.15) is 11.7 Å². The summed E-state index contributed by atoms with van der Waals surface area (Å²) in [5.41, 5.74) is 0.982. The fraction of sp³-hybridized carbons (Fsp3) is 0.455. The van der Waals surface area contributed by atoms with Crippen LogP contribution in [0.15, 0.2) is 30.3 Å². The van der Waals surface area contributed by atoms with Crippen molar-refractivity contribution in [3.8, 4) is 0 Å². The predicted octanol–water partition coefficient (Wildman–Crippen LogP) is 3.46. The molecule has 0 saturated heterocycles. The molecule has 4 heteroatoms. The highest BCUT2D eigenvalue weighted by Crippen LogP contribution is 2.51. The van der Waals surface area contributed by atoms with Crippen molar-refractivity contribution >= 4 is 35.3 Å². The predicted molar refractivity (Wildman–Crippen MR) is 74.7 cm³/mol. The molecule has 0 fully saturated rings. The van der Waals surface area contributed by atoms with Crippen LogP contribution in [0, 0.1) is 0 Å². The summed E-state index contributed by atoms with van der Waals surface area (Å²) in [7, 11) is 0. The normalized spacial score (nSPS) is 13.9. The van der Waals surface area contributed by atoms with E-state index in [0.29, 0.717) is 0 Å². The van der Waals surface area contributed by atoms with Crippen molar-refractivity contribution in [2.45, 2.75) is 9.52 Å². The van der Waals surface area contributed by atoms with Gasteiger partial charge in [0.15, 0.2) is 0 Å². The molecule has 0 aliphatic rings. The second-order valence-corrected chi connectivity index (χ2v) is 6.96. The molecular formula is C11H16OS3. The molecule has 1 aromatic carbocycles. The highest BCUT2D eigenvalue weighted by Gasteiger charge is 2.36. The number of thioether (sulfide) groups is 3. The first-order chi connectivity index (χ1) is 7.20. The minimum atomic E-state index is -0.446. The highest BCUT2D eigenvalue weighted by molar-refractivity contribution is 8.33. The van der Waals surface area contributed by atoms with E-state index < -0.39 is 6.10 Å². The molecule has 1 N–H and O–H groups in total. The van der Waals surface area contributed by atoms with Gasteiger partial charge in [0.05, 0.1) is 0 Å². The Balaban J connectivity index is 2.95. The van der Waals surface area contributed by atoms with Crippen LogP contribution in [-0.2, 0) is 0 Å². The maximum Gasteiger partial charge on any atom is 0.136 e. The van der Waals surface area contributed by atoms with Crippen LogP contribution in [0.4, 0.5) is 0 Å². The second kappa shape index (κ2) is 6.09. The van der Waals surface area contributed by atoms with Gasteiger partial charge in [-0.05, 0) is 24.3 Å². The van der Waals surface area contributed by atoms with E-state index in [1.165, 1.54) is 0 Å². The van der Waals surface area contributed by atoms with E-state index in [-0.39, 0.29) is 3.41 Å². The first-order valence-corrected chi connectivity index (χ1v) is 8.26. The van der Waals surface area contributed by atoms with Gasteiger partial charge in [0.2, 0.25) is 0 Å². The van der Waals surface area contributed by atoms with Gasteiger partial charge < -0.3 is 5.11 Å². The molecule has 0 aliphatic heterocycles. The molecule has 0 aliphatic carbocycles. The van der Waals surface area contributed by atoms with E-state index >= 15 is 0 Å². The minimum Gasteiger partial charge on any atom is -0.385 e. The molecule has 0 bridgehead atoms. The lowest BCUT2D eigenvalue weighted by Gasteiger charge is -2.33. The SMILES string of the molecule is CSC(SC)(SC)C(O)c1ccccc1. The van der Waals surface area contributed by atoms with Gasteiger partial charge in [0, 0.05) is 0 Å². The topological polar surface area (TPSA) is 20.2 Å². The number of hydrogen-bond acceptors (Lipinski definition) is 4. The van der Waals surface area contributed by atoms with E-state index in [2.05, 4.69) is 0 Å². The molecular weight excluding hydrogens is 244 g/mol. The van der Waals surface area contributed by atoms with Crippen molar-refractivity contribution in [2.75, 3.05) is 18.8 Å². The van der Waals surface area contributed by atoms with Crippen molar-refractivity contribution in [3.63, 3.8) is 0 Å². The van der Waals surface area contributed by atoms with Crippen molar-refractivity contribution in [1.29, 1.82) is 0 Å². The smallest absolute Gasteiger partial charge is 0.136 e. The first kappa shape index (κ1) is 13.3. The molecule has 1 atom stereocenters. The van der Waals surface area contributed by atoms with Gasteiger partial charge in [0.1, 0.15) is 9.52 Å². The molecule has 0 heterocycles. The van der Waals surface area contributed by atoms with Gasteiger partial charge in [-0.1, -0.05) is 30.3 Å². The molecule has 84 valence electrons. The van der Waals surface area contributed by atoms with Crippen LogP contribution in [0.5, 0.6) is 0 Å². The van der Waals surface area contributed by atoms with Gasteiger partial charge in [-0.25, -0.2) is 0 Å². The van der Waals surface area contributed by atoms with Gasteiger partial charge >= 0.3 is 0 Å². The summed E-state index contributed by atoms with van der Waals surface area (Å²) in [6.07, 6.45) is 5.68. The Kier molecular flexibility index (Phi) is 5.39. The maximum absolute atomic E-state index is 10.4. The van der Waals surface area contributed by atoms with E-state index in [1.54, 1.807) is 35.3 Å². The second-order valence-electron chi connectivity index (χ2n) is 3.03. The summed E-state index contributed by atoms with van der Waals surface area (Å²) in [6, 6.07) is 9.84. The largest absolute Gasteiger partial charge is 0.385 e. The average molecular weight is 260 g/mol. The van der Waals surface area contributed by atoms with Crippen LogP contribution in [0.25, 0.3) is 0 Å². The summed E-state index contributed by atoms with van der Waals surface area (Å²) in [4.78, 5) is 0. The average Bonchev–Trinajstić information content (AvgIpc) is 2.33. The highest BCUT2D eigenvalue weighted by atomic mass is 32.3. The lowest BCUT2D eigenvalue weighted by Crippen LogP contribution is -2.24. The van der Waals surface area contributed by atoms with E-state index in [0.717, 1.165) is 5.56 Å². The van der Waals surface area contributed by atoms with Crippen molar-refractivity contribution in [3.05, 3.63) is 35.9 Å². The third kappa shape index (κ3) is 2.87. The third-order valence-electron chi connectivity index (χ3n) is 2.30. The Morgan fingerprint density at radius 3 is 1.87 bits per heavy atom. The Hall–Kier alpha value is 0.230. The fourth-order valence-corrected chi connectivity index (χ4v) is 4.50. The van der Waals surface area contributed by atoms with Gasteiger partial charge in [0.25, 0.3) is 0 Å². The van der Waals surface area contributed by atoms with Gasteiger partial charge in [-0.2, -0.15) is 0 Å². The molecule has 1 unspecified atom stereocenters. The van der Waals surface area contributed by atoms with Gasteiger partial charge in [-0.3, -0.25) is 0 Å².